The van der Waals surface area contributed by atoms with Crippen LogP contribution in [0, 0.1) is 0 Å². The Balaban J connectivity index is 2.40. The molecule has 0 N–H and O–H groups in total. The molecule has 0 saturated carbocycles. The summed E-state index contributed by atoms with van der Waals surface area (Å²) in [5.41, 5.74) is 1.83. The van der Waals surface area contributed by atoms with Crippen LogP contribution in [0.3, 0.4) is 0 Å². The molecule has 0 unspecified atom stereocenters. The van der Waals surface area contributed by atoms with Gasteiger partial charge in [0.2, 0.25) is 9.76 Å². The van der Waals surface area contributed by atoms with Crippen LogP contribution in [0.1, 0.15) is 0 Å². The highest BCUT2D eigenvalue weighted by atomic mass is 28.3. The highest BCUT2D eigenvalue weighted by Gasteiger charge is 1.62. The van der Waals surface area contributed by atoms with Crippen molar-refractivity contribution in [1.82, 2.24) is 0 Å². The monoisotopic (exact) mass is 103 g/mol. The number of rotatable bonds is 2. The smallest absolute Gasteiger partial charge is 0.206 e. The molecule has 0 fully saturated rings. The van der Waals surface area contributed by atoms with Crippen molar-refractivity contribution in [3.63, 3.8) is 0 Å². The van der Waals surface area contributed by atoms with Crippen molar-refractivity contribution >= 4 is 20.2 Å². The Hall–Kier alpha value is 0.134. The van der Waals surface area contributed by atoms with E-state index in [4.69, 9.17) is 4.12 Å². The van der Waals surface area contributed by atoms with Crippen LogP contribution in [0.2, 0.25) is 0 Å². The van der Waals surface area contributed by atoms with Gasteiger partial charge in [0.15, 0.2) is 0 Å². The van der Waals surface area contributed by atoms with Crippen molar-refractivity contribution in [2.24, 2.45) is 0 Å². The molecule has 1 radical (unpaired) electrons. The van der Waals surface area contributed by atoms with Gasteiger partial charge in [0.05, 0.1) is 0 Å². The van der Waals surface area contributed by atoms with Crippen LogP contribution in [0.5, 0.6) is 0 Å². The topological polar surface area (TPSA) is 9.23 Å². The summed E-state index contributed by atoms with van der Waals surface area (Å²) in [6, 6.07) is 0. The molecule has 0 aromatic carbocycles. The first-order chi connectivity index (χ1) is 2.41. The molecular formula is C2H7OSi2. The molecule has 0 heterocycles. The minimum Gasteiger partial charge on any atom is -0.463 e. The van der Waals surface area contributed by atoms with E-state index in [0.717, 1.165) is 10.5 Å². The van der Waals surface area contributed by atoms with Crippen LogP contribution in [0.4, 0.5) is 0 Å². The first-order valence-corrected chi connectivity index (χ1v) is 3.34. The Morgan fingerprint density at radius 3 is 2.60 bits per heavy atom. The Kier molecular flexibility index (Phi) is 4.24. The second kappa shape index (κ2) is 4.13. The fourth-order valence-electron chi connectivity index (χ4n) is 0.0962. The molecule has 0 aliphatic carbocycles. The highest BCUT2D eigenvalue weighted by molar-refractivity contribution is 6.39. The van der Waals surface area contributed by atoms with E-state index in [1.807, 2.05) is 5.70 Å². The molecule has 0 spiro atoms. The second-order valence-electron chi connectivity index (χ2n) is 0.607. The van der Waals surface area contributed by atoms with Gasteiger partial charge < -0.3 is 4.12 Å². The summed E-state index contributed by atoms with van der Waals surface area (Å²) in [6.45, 7) is 3.48. The SMILES string of the molecule is C=C[SiH]O[SiH3]. The fourth-order valence-corrected chi connectivity index (χ4v) is 0.866. The summed E-state index contributed by atoms with van der Waals surface area (Å²) in [4.78, 5) is 0. The molecule has 1 nitrogen and oxygen atoms in total. The van der Waals surface area contributed by atoms with Gasteiger partial charge in [-0.05, 0) is 0 Å². The zero-order valence-electron chi connectivity index (χ0n) is 3.27. The molecule has 0 bridgehead atoms. The Morgan fingerprint density at radius 2 is 2.60 bits per heavy atom. The average Bonchev–Trinajstić information content (AvgIpc) is 1.41. The molecular weight excluding hydrogens is 96.2 g/mol. The third-order valence-electron chi connectivity index (χ3n) is 0.232. The Bertz CT molecular complexity index is 28.8. The summed E-state index contributed by atoms with van der Waals surface area (Å²) < 4.78 is 4.80. The van der Waals surface area contributed by atoms with Crippen LogP contribution in [0.25, 0.3) is 0 Å². The van der Waals surface area contributed by atoms with Gasteiger partial charge in [0, 0.05) is 0 Å². The third kappa shape index (κ3) is 4.13. The average molecular weight is 103 g/mol. The largest absolute Gasteiger partial charge is 0.463 e. The predicted molar refractivity (Wildman–Crippen MR) is 28.4 cm³/mol. The lowest BCUT2D eigenvalue weighted by atomic mass is 11.3. The van der Waals surface area contributed by atoms with Crippen molar-refractivity contribution in [3.05, 3.63) is 12.3 Å². The van der Waals surface area contributed by atoms with Crippen molar-refractivity contribution in [3.8, 4) is 0 Å². The van der Waals surface area contributed by atoms with E-state index < -0.39 is 0 Å². The maximum absolute atomic E-state index is 4.80. The van der Waals surface area contributed by atoms with Gasteiger partial charge in [-0.15, -0.1) is 6.58 Å². The van der Waals surface area contributed by atoms with E-state index >= 15 is 0 Å². The van der Waals surface area contributed by atoms with E-state index in [0.29, 0.717) is 0 Å². The zero-order valence-corrected chi connectivity index (χ0v) is 6.42. The molecule has 0 aliphatic heterocycles. The van der Waals surface area contributed by atoms with Gasteiger partial charge in [-0.2, -0.15) is 0 Å². The van der Waals surface area contributed by atoms with Crippen molar-refractivity contribution in [1.29, 1.82) is 0 Å². The third-order valence-corrected chi connectivity index (χ3v) is 1.51. The van der Waals surface area contributed by atoms with Crippen molar-refractivity contribution in [2.45, 2.75) is 0 Å². The molecule has 0 saturated heterocycles. The van der Waals surface area contributed by atoms with Gasteiger partial charge in [-0.25, -0.2) is 0 Å². The van der Waals surface area contributed by atoms with Crippen LogP contribution >= 0.6 is 0 Å². The highest BCUT2D eigenvalue weighted by Crippen LogP contribution is 1.53. The Morgan fingerprint density at radius 1 is 2.00 bits per heavy atom. The normalized spacial score (nSPS) is 8.00. The van der Waals surface area contributed by atoms with E-state index in [-0.39, 0.29) is 9.76 Å². The Labute approximate surface area is 37.5 Å². The number of hydrogen-bond acceptors (Lipinski definition) is 1. The van der Waals surface area contributed by atoms with Gasteiger partial charge in [-0.3, -0.25) is 0 Å². The second-order valence-corrected chi connectivity index (χ2v) is 3.24. The van der Waals surface area contributed by atoms with Crippen molar-refractivity contribution < 1.29 is 4.12 Å². The maximum atomic E-state index is 4.80. The van der Waals surface area contributed by atoms with Crippen LogP contribution in [-0.4, -0.2) is 20.2 Å². The van der Waals surface area contributed by atoms with Gasteiger partial charge in [0.25, 0.3) is 0 Å². The summed E-state index contributed by atoms with van der Waals surface area (Å²) in [5, 5.41) is 0. The molecule has 29 valence electrons. The predicted octanol–water partition coefficient (Wildman–Crippen LogP) is -1.22. The lowest BCUT2D eigenvalue weighted by Gasteiger charge is -1.78. The molecule has 3 heteroatoms. The van der Waals surface area contributed by atoms with Crippen LogP contribution in [-0.2, 0) is 4.12 Å². The van der Waals surface area contributed by atoms with E-state index in [1.165, 1.54) is 0 Å². The quantitative estimate of drug-likeness (QED) is 0.398. The minimum atomic E-state index is 0.140. The van der Waals surface area contributed by atoms with Gasteiger partial charge in [0.1, 0.15) is 10.5 Å². The van der Waals surface area contributed by atoms with E-state index in [2.05, 4.69) is 6.58 Å². The molecule has 0 aromatic heterocycles. The fraction of sp³-hybridized carbons (Fsp3) is 0. The maximum Gasteiger partial charge on any atom is 0.206 e. The van der Waals surface area contributed by atoms with E-state index in [9.17, 15) is 0 Å². The molecule has 0 atom stereocenters. The van der Waals surface area contributed by atoms with E-state index in [1.54, 1.807) is 0 Å². The number of hydrogen-bond donors (Lipinski definition) is 0. The molecule has 0 aromatic rings. The van der Waals surface area contributed by atoms with Gasteiger partial charge in [-0.1, -0.05) is 5.70 Å². The first kappa shape index (κ1) is 5.13. The standard InChI is InChI=1S/C2H7OSi2/c1-2-5-3-4/h2,5H,1H2,4H3. The lowest BCUT2D eigenvalue weighted by molar-refractivity contribution is 0.676. The summed E-state index contributed by atoms with van der Waals surface area (Å²) >= 11 is 0. The van der Waals surface area contributed by atoms with Crippen molar-refractivity contribution in [2.75, 3.05) is 0 Å². The lowest BCUT2D eigenvalue weighted by Crippen LogP contribution is -1.85. The summed E-state index contributed by atoms with van der Waals surface area (Å²) in [6.07, 6.45) is 0. The first-order valence-electron chi connectivity index (χ1n) is 1.39. The minimum absolute atomic E-state index is 0.140. The summed E-state index contributed by atoms with van der Waals surface area (Å²) in [7, 11) is 1.00. The van der Waals surface area contributed by atoms with Crippen LogP contribution in [0.15, 0.2) is 12.3 Å². The van der Waals surface area contributed by atoms with Crippen LogP contribution < -0.4 is 0 Å². The molecule has 0 amide bonds. The van der Waals surface area contributed by atoms with Gasteiger partial charge >= 0.3 is 0 Å². The molecule has 0 rings (SSSR count). The molecule has 0 aliphatic rings. The summed E-state index contributed by atoms with van der Waals surface area (Å²) in [5.74, 6) is 0. The molecule has 5 heavy (non-hydrogen) atoms. The zero-order chi connectivity index (χ0) is 4.12.